The number of benzene rings is 1. The van der Waals surface area contributed by atoms with E-state index in [2.05, 4.69) is 0 Å². The molecule has 0 heterocycles. The Kier molecular flexibility index (Phi) is 2.26. The maximum Gasteiger partial charge on any atom is 0.310 e. The molecule has 6 heteroatoms. The van der Waals surface area contributed by atoms with Crippen LogP contribution in [0.5, 0.6) is 0 Å². The predicted molar refractivity (Wildman–Crippen MR) is 56.5 cm³/mol. The first-order valence-electron chi connectivity index (χ1n) is 4.55. The smallest absolute Gasteiger partial charge is 0.0936 e. The molecule has 0 aliphatic carbocycles. The highest BCUT2D eigenvalue weighted by atomic mass is 32.5. The predicted octanol–water partition coefficient (Wildman–Crippen LogP) is 5.64. The fourth-order valence-corrected chi connectivity index (χ4v) is 1.89. The van der Waals surface area contributed by atoms with E-state index in [1.165, 1.54) is 6.07 Å². The molecular formula is C10H13F5S. The first kappa shape index (κ1) is 13.3. The molecule has 0 saturated heterocycles. The molecule has 1 aromatic rings. The Morgan fingerprint density at radius 3 is 1.81 bits per heavy atom. The van der Waals surface area contributed by atoms with Crippen LogP contribution in [0.2, 0.25) is 0 Å². The van der Waals surface area contributed by atoms with E-state index in [4.69, 9.17) is 0 Å². The van der Waals surface area contributed by atoms with E-state index in [0.717, 1.165) is 6.07 Å². The average molecular weight is 260 g/mol. The highest BCUT2D eigenvalue weighted by Crippen LogP contribution is 3.02. The fraction of sp³-hybridized carbons (Fsp3) is 0.400. The zero-order valence-corrected chi connectivity index (χ0v) is 9.92. The van der Waals surface area contributed by atoms with Crippen molar-refractivity contribution in [2.24, 2.45) is 0 Å². The van der Waals surface area contributed by atoms with Crippen molar-refractivity contribution in [2.75, 3.05) is 0 Å². The average Bonchev–Trinajstić information content (AvgIpc) is 1.99. The first-order valence-corrected chi connectivity index (χ1v) is 6.50. The lowest BCUT2D eigenvalue weighted by Crippen LogP contribution is -2.13. The zero-order chi connectivity index (χ0) is 12.9. The molecule has 94 valence electrons. The number of halogens is 5. The normalized spacial score (nSPS) is 17.8. The molecule has 0 atom stereocenters. The van der Waals surface area contributed by atoms with Gasteiger partial charge in [-0.15, -0.1) is 0 Å². The molecule has 1 rings (SSSR count). The summed E-state index contributed by atoms with van der Waals surface area (Å²) in [5.41, 5.74) is -0.364. The summed E-state index contributed by atoms with van der Waals surface area (Å²) < 4.78 is 62.6. The van der Waals surface area contributed by atoms with E-state index in [1.807, 2.05) is 0 Å². The molecule has 16 heavy (non-hydrogen) atoms. The summed E-state index contributed by atoms with van der Waals surface area (Å²) in [5, 5.41) is 0. The maximum atomic E-state index is 12.5. The van der Waals surface area contributed by atoms with Gasteiger partial charge >= 0.3 is 10.2 Å². The van der Waals surface area contributed by atoms with Crippen LogP contribution in [-0.2, 0) is 5.41 Å². The minimum atomic E-state index is -9.55. The summed E-state index contributed by atoms with van der Waals surface area (Å²) in [6.07, 6.45) is 0. The minimum Gasteiger partial charge on any atom is -0.0936 e. The van der Waals surface area contributed by atoms with Crippen molar-refractivity contribution in [2.45, 2.75) is 31.1 Å². The monoisotopic (exact) mass is 260 g/mol. The Hall–Kier alpha value is -0.780. The molecule has 0 aromatic heterocycles. The largest absolute Gasteiger partial charge is 0.310 e. The summed E-state index contributed by atoms with van der Waals surface area (Å²) in [6, 6.07) is 3.36. The lowest BCUT2D eigenvalue weighted by atomic mass is 9.87. The van der Waals surface area contributed by atoms with Gasteiger partial charge in [-0.1, -0.05) is 52.3 Å². The van der Waals surface area contributed by atoms with Crippen molar-refractivity contribution in [3.63, 3.8) is 0 Å². The fourth-order valence-electron chi connectivity index (χ4n) is 1.20. The maximum absolute atomic E-state index is 12.5. The van der Waals surface area contributed by atoms with Gasteiger partial charge in [-0.25, -0.2) is 0 Å². The molecule has 0 nitrogen and oxygen atoms in total. The molecule has 0 spiro atoms. The third-order valence-electron chi connectivity index (χ3n) is 2.15. The minimum absolute atomic E-state index is 0.234. The Balaban J connectivity index is 3.43. The lowest BCUT2D eigenvalue weighted by molar-refractivity contribution is 0.363. The van der Waals surface area contributed by atoms with E-state index in [1.54, 1.807) is 20.8 Å². The standard InChI is InChI=1S/C10H13F5S/c1-10(2,3)8-5-4-6-9(7-8)16(11,12,13,14)15/h4-7H,1-3H3. The molecule has 0 aliphatic heterocycles. The first-order chi connectivity index (χ1) is 6.70. The van der Waals surface area contributed by atoms with E-state index in [9.17, 15) is 19.4 Å². The van der Waals surface area contributed by atoms with Gasteiger partial charge in [0, 0.05) is 0 Å². The van der Waals surface area contributed by atoms with Gasteiger partial charge in [-0.3, -0.25) is 0 Å². The lowest BCUT2D eigenvalue weighted by Gasteiger charge is -2.41. The van der Waals surface area contributed by atoms with Crippen molar-refractivity contribution < 1.29 is 19.4 Å². The van der Waals surface area contributed by atoms with E-state index < -0.39 is 20.5 Å². The summed E-state index contributed by atoms with van der Waals surface area (Å²) in [6.45, 7) is 4.99. The van der Waals surface area contributed by atoms with Crippen LogP contribution in [0.4, 0.5) is 19.4 Å². The highest BCUT2D eigenvalue weighted by molar-refractivity contribution is 8.45. The van der Waals surface area contributed by atoms with Crippen molar-refractivity contribution in [1.82, 2.24) is 0 Å². The summed E-state index contributed by atoms with van der Waals surface area (Å²) >= 11 is 0. The van der Waals surface area contributed by atoms with Gasteiger partial charge < -0.3 is 0 Å². The van der Waals surface area contributed by atoms with Crippen LogP contribution in [0.1, 0.15) is 26.3 Å². The second-order valence-electron chi connectivity index (χ2n) is 4.75. The Labute approximate surface area is 91.2 Å². The van der Waals surface area contributed by atoms with Crippen LogP contribution in [0, 0.1) is 0 Å². The third kappa shape index (κ3) is 3.10. The topological polar surface area (TPSA) is 0 Å². The Bertz CT molecular complexity index is 412. The molecule has 0 bridgehead atoms. The zero-order valence-electron chi connectivity index (χ0n) is 9.11. The van der Waals surface area contributed by atoms with Crippen LogP contribution >= 0.6 is 10.2 Å². The van der Waals surface area contributed by atoms with Crippen LogP contribution in [-0.4, -0.2) is 0 Å². The number of hydrogen-bond donors (Lipinski definition) is 0. The van der Waals surface area contributed by atoms with Crippen LogP contribution < -0.4 is 0 Å². The Morgan fingerprint density at radius 2 is 1.44 bits per heavy atom. The third-order valence-corrected chi connectivity index (χ3v) is 3.29. The molecule has 0 fully saturated rings. The van der Waals surface area contributed by atoms with Crippen molar-refractivity contribution >= 4 is 10.2 Å². The highest BCUT2D eigenvalue weighted by Gasteiger charge is 2.65. The molecule has 0 aliphatic rings. The van der Waals surface area contributed by atoms with Gasteiger partial charge in [0.15, 0.2) is 0 Å². The van der Waals surface area contributed by atoms with Gasteiger partial charge in [0.05, 0.1) is 0 Å². The number of rotatable bonds is 1. The van der Waals surface area contributed by atoms with E-state index in [0.29, 0.717) is 12.1 Å². The molecule has 0 N–H and O–H groups in total. The van der Waals surface area contributed by atoms with Gasteiger partial charge in [0.2, 0.25) is 0 Å². The Morgan fingerprint density at radius 1 is 0.938 bits per heavy atom. The SMILES string of the molecule is CC(C)(C)c1cccc(S(F)(F)(F)(F)F)c1. The van der Waals surface area contributed by atoms with Crippen molar-refractivity contribution in [3.05, 3.63) is 29.8 Å². The summed E-state index contributed by atoms with van der Waals surface area (Å²) in [5.74, 6) is 0. The molecule has 0 amide bonds. The summed E-state index contributed by atoms with van der Waals surface area (Å²) in [4.78, 5) is -1.83. The van der Waals surface area contributed by atoms with Gasteiger partial charge in [0.1, 0.15) is 4.90 Å². The molecule has 0 unspecified atom stereocenters. The second kappa shape index (κ2) is 2.72. The second-order valence-corrected chi connectivity index (χ2v) is 7.16. The van der Waals surface area contributed by atoms with Crippen LogP contribution in [0.15, 0.2) is 29.2 Å². The van der Waals surface area contributed by atoms with Crippen LogP contribution in [0.3, 0.4) is 0 Å². The molecule has 1 aromatic carbocycles. The van der Waals surface area contributed by atoms with E-state index in [-0.39, 0.29) is 5.56 Å². The quantitative estimate of drug-likeness (QED) is 0.573. The summed E-state index contributed by atoms with van der Waals surface area (Å²) in [7, 11) is -9.55. The van der Waals surface area contributed by atoms with Crippen molar-refractivity contribution in [3.8, 4) is 0 Å². The van der Waals surface area contributed by atoms with Crippen molar-refractivity contribution in [1.29, 1.82) is 0 Å². The van der Waals surface area contributed by atoms with Gasteiger partial charge in [-0.05, 0) is 23.1 Å². The van der Waals surface area contributed by atoms with Gasteiger partial charge in [-0.2, -0.15) is 0 Å². The molecular weight excluding hydrogens is 247 g/mol. The van der Waals surface area contributed by atoms with Gasteiger partial charge in [0.25, 0.3) is 0 Å². The molecule has 0 saturated carbocycles. The van der Waals surface area contributed by atoms with Crippen LogP contribution in [0.25, 0.3) is 0 Å². The van der Waals surface area contributed by atoms with E-state index >= 15 is 0 Å². The number of hydrogen-bond acceptors (Lipinski definition) is 0. The molecule has 0 radical (unpaired) electrons.